The molecular formula is C18H28N2O. The Labute approximate surface area is 128 Å². The van der Waals surface area contributed by atoms with E-state index < -0.39 is 0 Å². The quantitative estimate of drug-likeness (QED) is 0.927. The summed E-state index contributed by atoms with van der Waals surface area (Å²) < 4.78 is 5.33. The van der Waals surface area contributed by atoms with Crippen molar-refractivity contribution >= 4 is 0 Å². The minimum atomic E-state index is 0.131. The zero-order valence-corrected chi connectivity index (χ0v) is 13.3. The number of fused-ring (bicyclic) bond motifs is 1. The number of aryl methyl sites for hydroxylation is 1. The largest absolute Gasteiger partial charge is 0.497 e. The zero-order chi connectivity index (χ0) is 14.8. The smallest absolute Gasteiger partial charge is 0.119 e. The summed E-state index contributed by atoms with van der Waals surface area (Å²) in [4.78, 5) is 2.58. The van der Waals surface area contributed by atoms with Crippen molar-refractivity contribution in [1.29, 1.82) is 0 Å². The predicted molar refractivity (Wildman–Crippen MR) is 86.7 cm³/mol. The van der Waals surface area contributed by atoms with Crippen molar-refractivity contribution in [1.82, 2.24) is 4.90 Å². The van der Waals surface area contributed by atoms with Gasteiger partial charge >= 0.3 is 0 Å². The topological polar surface area (TPSA) is 38.5 Å². The Kier molecular flexibility index (Phi) is 4.51. The molecule has 2 N–H and O–H groups in total. The molecule has 0 aliphatic heterocycles. The highest BCUT2D eigenvalue weighted by molar-refractivity contribution is 5.40. The molecule has 1 saturated carbocycles. The molecule has 2 atom stereocenters. The third-order valence-corrected chi connectivity index (χ3v) is 5.51. The monoisotopic (exact) mass is 288 g/mol. The van der Waals surface area contributed by atoms with Crippen LogP contribution in [-0.2, 0) is 6.42 Å². The lowest BCUT2D eigenvalue weighted by Gasteiger charge is -2.42. The number of hydrogen-bond donors (Lipinski definition) is 1. The van der Waals surface area contributed by atoms with E-state index in [0.717, 1.165) is 24.6 Å². The van der Waals surface area contributed by atoms with Crippen LogP contribution >= 0.6 is 0 Å². The van der Waals surface area contributed by atoms with Gasteiger partial charge in [-0.2, -0.15) is 0 Å². The Hall–Kier alpha value is -1.06. The molecule has 3 heteroatoms. The predicted octanol–water partition coefficient (Wildman–Crippen LogP) is 3.27. The summed E-state index contributed by atoms with van der Waals surface area (Å²) in [7, 11) is 4.01. The fourth-order valence-electron chi connectivity index (χ4n) is 4.16. The van der Waals surface area contributed by atoms with Gasteiger partial charge < -0.3 is 10.5 Å². The van der Waals surface area contributed by atoms with Gasteiger partial charge in [-0.3, -0.25) is 4.90 Å². The van der Waals surface area contributed by atoms with Crippen LogP contribution < -0.4 is 10.5 Å². The Morgan fingerprint density at radius 2 is 1.90 bits per heavy atom. The van der Waals surface area contributed by atoms with E-state index in [9.17, 15) is 0 Å². The average Bonchev–Trinajstić information content (AvgIpc) is 2.55. The molecule has 2 aliphatic rings. The normalized spacial score (nSPS) is 26.7. The molecule has 1 aromatic rings. The van der Waals surface area contributed by atoms with Crippen LogP contribution in [0.25, 0.3) is 0 Å². The molecule has 2 unspecified atom stereocenters. The number of likely N-dealkylation sites (N-methyl/N-ethyl adjacent to an activating group) is 1. The lowest BCUT2D eigenvalue weighted by molar-refractivity contribution is 0.109. The van der Waals surface area contributed by atoms with Gasteiger partial charge in [0.25, 0.3) is 0 Å². The van der Waals surface area contributed by atoms with Crippen molar-refractivity contribution in [3.05, 3.63) is 29.3 Å². The third-order valence-electron chi connectivity index (χ3n) is 5.51. The van der Waals surface area contributed by atoms with E-state index in [0.29, 0.717) is 6.04 Å². The van der Waals surface area contributed by atoms with E-state index in [4.69, 9.17) is 10.5 Å². The Morgan fingerprint density at radius 3 is 2.62 bits per heavy atom. The molecule has 1 aromatic carbocycles. The molecule has 0 amide bonds. The molecular weight excluding hydrogens is 260 g/mol. The van der Waals surface area contributed by atoms with Gasteiger partial charge in [0, 0.05) is 18.1 Å². The van der Waals surface area contributed by atoms with E-state index in [2.05, 4.69) is 24.1 Å². The maximum absolute atomic E-state index is 6.61. The van der Waals surface area contributed by atoms with E-state index in [-0.39, 0.29) is 6.04 Å². The number of nitrogens with two attached hydrogens (primary N) is 1. The molecule has 0 aromatic heterocycles. The van der Waals surface area contributed by atoms with Crippen LogP contribution in [-0.4, -0.2) is 31.1 Å². The van der Waals surface area contributed by atoms with Crippen molar-refractivity contribution in [2.24, 2.45) is 5.73 Å². The second-order valence-electron chi connectivity index (χ2n) is 6.65. The SMILES string of the molecule is COc1ccc2c(c1)CCC(N(C)C1CCCCC1)C2N. The lowest BCUT2D eigenvalue weighted by atomic mass is 9.82. The first-order valence-corrected chi connectivity index (χ1v) is 8.35. The molecule has 3 nitrogen and oxygen atoms in total. The summed E-state index contributed by atoms with van der Waals surface area (Å²) in [6.45, 7) is 0. The molecule has 0 bridgehead atoms. The first-order valence-electron chi connectivity index (χ1n) is 8.35. The molecule has 21 heavy (non-hydrogen) atoms. The van der Waals surface area contributed by atoms with Gasteiger partial charge in [0.1, 0.15) is 5.75 Å². The Balaban J connectivity index is 1.76. The van der Waals surface area contributed by atoms with Gasteiger partial charge in [0.15, 0.2) is 0 Å². The molecule has 2 aliphatic carbocycles. The minimum absolute atomic E-state index is 0.131. The summed E-state index contributed by atoms with van der Waals surface area (Å²) >= 11 is 0. The fraction of sp³-hybridized carbons (Fsp3) is 0.667. The highest BCUT2D eigenvalue weighted by atomic mass is 16.5. The second kappa shape index (κ2) is 6.37. The second-order valence-corrected chi connectivity index (χ2v) is 6.65. The summed E-state index contributed by atoms with van der Waals surface area (Å²) in [6.07, 6.45) is 9.12. The van der Waals surface area contributed by atoms with Crippen molar-refractivity contribution in [2.75, 3.05) is 14.2 Å². The average molecular weight is 288 g/mol. The Morgan fingerprint density at radius 1 is 1.14 bits per heavy atom. The number of rotatable bonds is 3. The van der Waals surface area contributed by atoms with Gasteiger partial charge in [-0.1, -0.05) is 25.3 Å². The van der Waals surface area contributed by atoms with Crippen molar-refractivity contribution in [3.63, 3.8) is 0 Å². The van der Waals surface area contributed by atoms with Gasteiger partial charge in [-0.25, -0.2) is 0 Å². The lowest BCUT2D eigenvalue weighted by Crippen LogP contribution is -2.48. The Bertz CT molecular complexity index is 482. The molecule has 3 rings (SSSR count). The fourth-order valence-corrected chi connectivity index (χ4v) is 4.16. The molecule has 1 fully saturated rings. The standard InChI is InChI=1S/C18H28N2O/c1-20(14-6-4-3-5-7-14)17-11-8-13-12-15(21-2)9-10-16(13)18(17)19/h9-10,12,14,17-18H,3-8,11,19H2,1-2H3. The van der Waals surface area contributed by atoms with E-state index in [1.165, 1.54) is 43.2 Å². The summed E-state index contributed by atoms with van der Waals surface area (Å²) in [6, 6.07) is 7.71. The number of ether oxygens (including phenoxy) is 1. The number of hydrogen-bond acceptors (Lipinski definition) is 3. The maximum Gasteiger partial charge on any atom is 0.119 e. The van der Waals surface area contributed by atoms with Crippen LogP contribution in [0.5, 0.6) is 5.75 Å². The van der Waals surface area contributed by atoms with Gasteiger partial charge in [-0.05, 0) is 56.0 Å². The third kappa shape index (κ3) is 2.95. The van der Waals surface area contributed by atoms with Gasteiger partial charge in [0.05, 0.1) is 7.11 Å². The summed E-state index contributed by atoms with van der Waals surface area (Å²) in [5.74, 6) is 0.944. The van der Waals surface area contributed by atoms with Crippen LogP contribution in [0, 0.1) is 0 Å². The number of methoxy groups -OCH3 is 1. The summed E-state index contributed by atoms with van der Waals surface area (Å²) in [5.41, 5.74) is 9.29. The van der Waals surface area contributed by atoms with Crippen LogP contribution in [0.1, 0.15) is 55.7 Å². The summed E-state index contributed by atoms with van der Waals surface area (Å²) in [5, 5.41) is 0. The highest BCUT2D eigenvalue weighted by Gasteiger charge is 2.33. The van der Waals surface area contributed by atoms with Crippen molar-refractivity contribution in [2.45, 2.75) is 63.1 Å². The van der Waals surface area contributed by atoms with Crippen LogP contribution in [0.4, 0.5) is 0 Å². The van der Waals surface area contributed by atoms with Crippen molar-refractivity contribution in [3.8, 4) is 5.75 Å². The zero-order valence-electron chi connectivity index (χ0n) is 13.3. The first kappa shape index (κ1) is 14.9. The molecule has 116 valence electrons. The first-order chi connectivity index (χ1) is 10.2. The van der Waals surface area contributed by atoms with Gasteiger partial charge in [-0.15, -0.1) is 0 Å². The number of nitrogens with zero attached hydrogens (tertiary/aromatic N) is 1. The van der Waals surface area contributed by atoms with Crippen LogP contribution in [0.15, 0.2) is 18.2 Å². The molecule has 0 heterocycles. The van der Waals surface area contributed by atoms with E-state index >= 15 is 0 Å². The van der Waals surface area contributed by atoms with Crippen molar-refractivity contribution < 1.29 is 4.74 Å². The molecule has 0 spiro atoms. The van der Waals surface area contributed by atoms with E-state index in [1.807, 2.05) is 6.07 Å². The number of benzene rings is 1. The van der Waals surface area contributed by atoms with Crippen LogP contribution in [0.2, 0.25) is 0 Å². The highest BCUT2D eigenvalue weighted by Crippen LogP contribution is 2.35. The van der Waals surface area contributed by atoms with E-state index in [1.54, 1.807) is 7.11 Å². The molecule has 0 saturated heterocycles. The van der Waals surface area contributed by atoms with Crippen LogP contribution in [0.3, 0.4) is 0 Å². The maximum atomic E-state index is 6.61. The molecule has 0 radical (unpaired) electrons. The minimum Gasteiger partial charge on any atom is -0.497 e. The van der Waals surface area contributed by atoms with Gasteiger partial charge in [0.2, 0.25) is 0 Å².